The third-order valence-electron chi connectivity index (χ3n) is 5.69. The molecule has 0 aromatic carbocycles. The van der Waals surface area contributed by atoms with Crippen LogP contribution < -0.4 is 0 Å². The number of likely N-dealkylation sites (N-methyl/N-ethyl adjacent to an activating group) is 1. The first kappa shape index (κ1) is 16.8. The molecule has 0 saturated carbocycles. The Morgan fingerprint density at radius 3 is 2.88 bits per heavy atom. The average Bonchev–Trinajstić information content (AvgIpc) is 3.29. The van der Waals surface area contributed by atoms with Crippen LogP contribution >= 0.6 is 0 Å². The molecule has 0 aliphatic carbocycles. The highest BCUT2D eigenvalue weighted by Crippen LogP contribution is 2.38. The van der Waals surface area contributed by atoms with Crippen molar-refractivity contribution in [1.82, 2.24) is 14.8 Å². The van der Waals surface area contributed by atoms with Crippen molar-refractivity contribution in [2.24, 2.45) is 0 Å². The van der Waals surface area contributed by atoms with E-state index < -0.39 is 0 Å². The van der Waals surface area contributed by atoms with Gasteiger partial charge in [0.15, 0.2) is 0 Å². The van der Waals surface area contributed by atoms with Gasteiger partial charge in [-0.2, -0.15) is 0 Å². The first-order chi connectivity index (χ1) is 12.2. The van der Waals surface area contributed by atoms with Crippen molar-refractivity contribution < 1.29 is 9.15 Å². The molecule has 4 rings (SSSR count). The maximum absolute atomic E-state index is 6.33. The van der Waals surface area contributed by atoms with Gasteiger partial charge in [0.2, 0.25) is 0 Å². The third kappa shape index (κ3) is 3.94. The summed E-state index contributed by atoms with van der Waals surface area (Å²) in [6.45, 7) is 4.85. The van der Waals surface area contributed by atoms with E-state index in [0.717, 1.165) is 57.8 Å². The molecule has 0 bridgehead atoms. The summed E-state index contributed by atoms with van der Waals surface area (Å²) in [5.41, 5.74) is 1.34. The predicted octanol–water partition coefficient (Wildman–Crippen LogP) is 2.93. The van der Waals surface area contributed by atoms with E-state index >= 15 is 0 Å². The van der Waals surface area contributed by atoms with Crippen molar-refractivity contribution in [2.45, 2.75) is 44.0 Å². The van der Waals surface area contributed by atoms with Gasteiger partial charge in [0.1, 0.15) is 5.76 Å². The minimum Gasteiger partial charge on any atom is -0.468 e. The van der Waals surface area contributed by atoms with Crippen LogP contribution in [0.15, 0.2) is 47.3 Å². The Hall–Kier alpha value is -1.69. The summed E-state index contributed by atoms with van der Waals surface area (Å²) in [6.07, 6.45) is 8.90. The molecule has 0 radical (unpaired) electrons. The molecule has 1 atom stereocenters. The fourth-order valence-electron chi connectivity index (χ4n) is 4.10. The SMILES string of the molecule is CN(Cc1cccnc1)[C@H]1COC2(CCN(Cc3ccco3)CC2)C1. The Bertz CT molecular complexity index is 651. The zero-order chi connectivity index (χ0) is 17.1. The van der Waals surface area contributed by atoms with Crippen LogP contribution in [0.3, 0.4) is 0 Å². The van der Waals surface area contributed by atoms with E-state index in [9.17, 15) is 0 Å². The summed E-state index contributed by atoms with van der Waals surface area (Å²) < 4.78 is 11.8. The zero-order valence-electron chi connectivity index (χ0n) is 14.9. The van der Waals surface area contributed by atoms with Crippen molar-refractivity contribution in [3.05, 3.63) is 54.2 Å². The zero-order valence-corrected chi connectivity index (χ0v) is 14.9. The number of likely N-dealkylation sites (tertiary alicyclic amines) is 1. The standard InChI is InChI=1S/C20H27N3O2/c1-22(14-17-4-2-8-21-13-17)18-12-20(25-16-18)6-9-23(10-7-20)15-19-5-3-11-24-19/h2-5,8,11,13,18H,6-7,9-10,12,14-16H2,1H3/t18-/m1/s1. The van der Waals surface area contributed by atoms with Gasteiger partial charge < -0.3 is 9.15 Å². The van der Waals surface area contributed by atoms with Crippen LogP contribution in [0.25, 0.3) is 0 Å². The van der Waals surface area contributed by atoms with Crippen LogP contribution in [0.4, 0.5) is 0 Å². The van der Waals surface area contributed by atoms with Gasteiger partial charge in [0, 0.05) is 38.1 Å². The Morgan fingerprint density at radius 1 is 1.28 bits per heavy atom. The quantitative estimate of drug-likeness (QED) is 0.836. The molecule has 2 aromatic heterocycles. The van der Waals surface area contributed by atoms with E-state index in [1.165, 1.54) is 5.56 Å². The second-order valence-corrected chi connectivity index (χ2v) is 7.48. The number of rotatable bonds is 5. The van der Waals surface area contributed by atoms with E-state index in [1.807, 2.05) is 24.5 Å². The lowest BCUT2D eigenvalue weighted by atomic mass is 9.87. The molecule has 25 heavy (non-hydrogen) atoms. The van der Waals surface area contributed by atoms with Crippen molar-refractivity contribution in [2.75, 3.05) is 26.7 Å². The average molecular weight is 341 g/mol. The van der Waals surface area contributed by atoms with Crippen LogP contribution in [-0.4, -0.2) is 53.2 Å². The van der Waals surface area contributed by atoms with Crippen molar-refractivity contribution >= 4 is 0 Å². The summed E-state index contributed by atoms with van der Waals surface area (Å²) in [4.78, 5) is 9.11. The molecule has 2 aliphatic rings. The fourth-order valence-corrected chi connectivity index (χ4v) is 4.10. The van der Waals surface area contributed by atoms with E-state index in [4.69, 9.17) is 9.15 Å². The van der Waals surface area contributed by atoms with E-state index in [0.29, 0.717) is 6.04 Å². The topological polar surface area (TPSA) is 41.7 Å². The molecule has 2 aromatic rings. The summed E-state index contributed by atoms with van der Waals surface area (Å²) >= 11 is 0. The summed E-state index contributed by atoms with van der Waals surface area (Å²) in [6, 6.07) is 8.66. The van der Waals surface area contributed by atoms with E-state index in [1.54, 1.807) is 6.26 Å². The molecule has 1 spiro atoms. The lowest BCUT2D eigenvalue weighted by Gasteiger charge is -2.38. The number of piperidine rings is 1. The lowest BCUT2D eigenvalue weighted by molar-refractivity contribution is -0.0461. The van der Waals surface area contributed by atoms with Crippen molar-refractivity contribution in [1.29, 1.82) is 0 Å². The van der Waals surface area contributed by atoms with Crippen LogP contribution in [0, 0.1) is 0 Å². The predicted molar refractivity (Wildman–Crippen MR) is 96.0 cm³/mol. The molecule has 4 heterocycles. The smallest absolute Gasteiger partial charge is 0.117 e. The molecular weight excluding hydrogens is 314 g/mol. The second kappa shape index (κ2) is 7.28. The van der Waals surface area contributed by atoms with Gasteiger partial charge in [-0.3, -0.25) is 14.8 Å². The Morgan fingerprint density at radius 2 is 2.16 bits per heavy atom. The number of hydrogen-bond acceptors (Lipinski definition) is 5. The van der Waals surface area contributed by atoms with E-state index in [-0.39, 0.29) is 5.60 Å². The van der Waals surface area contributed by atoms with Crippen molar-refractivity contribution in [3.8, 4) is 0 Å². The molecule has 5 heteroatoms. The Kier molecular flexibility index (Phi) is 4.88. The molecule has 0 N–H and O–H groups in total. The highest BCUT2D eigenvalue weighted by molar-refractivity contribution is 5.09. The first-order valence-electron chi connectivity index (χ1n) is 9.20. The molecule has 2 saturated heterocycles. The first-order valence-corrected chi connectivity index (χ1v) is 9.20. The molecular formula is C20H27N3O2. The fraction of sp³-hybridized carbons (Fsp3) is 0.550. The maximum atomic E-state index is 6.33. The van der Waals surface area contributed by atoms with Crippen LogP contribution in [0.5, 0.6) is 0 Å². The normalized spacial score (nSPS) is 23.5. The molecule has 0 amide bonds. The van der Waals surface area contributed by atoms with E-state index in [2.05, 4.69) is 34.0 Å². The van der Waals surface area contributed by atoms with Crippen molar-refractivity contribution in [3.63, 3.8) is 0 Å². The van der Waals surface area contributed by atoms with Gasteiger partial charge in [0.05, 0.1) is 25.0 Å². The van der Waals surface area contributed by atoms with Gasteiger partial charge in [-0.15, -0.1) is 0 Å². The Balaban J connectivity index is 1.28. The van der Waals surface area contributed by atoms with Gasteiger partial charge in [0.25, 0.3) is 0 Å². The number of hydrogen-bond donors (Lipinski definition) is 0. The number of ether oxygens (including phenoxy) is 1. The maximum Gasteiger partial charge on any atom is 0.117 e. The van der Waals surface area contributed by atoms with Gasteiger partial charge >= 0.3 is 0 Å². The number of furan rings is 1. The second-order valence-electron chi connectivity index (χ2n) is 7.48. The molecule has 134 valence electrons. The number of aromatic nitrogens is 1. The van der Waals surface area contributed by atoms with Crippen LogP contribution in [0.2, 0.25) is 0 Å². The minimum absolute atomic E-state index is 0.0769. The van der Waals surface area contributed by atoms with Crippen LogP contribution in [0.1, 0.15) is 30.6 Å². The van der Waals surface area contributed by atoms with Gasteiger partial charge in [-0.25, -0.2) is 0 Å². The largest absolute Gasteiger partial charge is 0.468 e. The number of nitrogens with zero attached hydrogens (tertiary/aromatic N) is 3. The minimum atomic E-state index is 0.0769. The monoisotopic (exact) mass is 341 g/mol. The lowest BCUT2D eigenvalue weighted by Crippen LogP contribution is -2.44. The Labute approximate surface area is 149 Å². The molecule has 2 fully saturated rings. The van der Waals surface area contributed by atoms with Gasteiger partial charge in [-0.05, 0) is 50.1 Å². The van der Waals surface area contributed by atoms with Gasteiger partial charge in [-0.1, -0.05) is 6.07 Å². The summed E-state index contributed by atoms with van der Waals surface area (Å²) in [7, 11) is 2.20. The highest BCUT2D eigenvalue weighted by Gasteiger charge is 2.43. The third-order valence-corrected chi connectivity index (χ3v) is 5.69. The summed E-state index contributed by atoms with van der Waals surface area (Å²) in [5, 5.41) is 0. The van der Waals surface area contributed by atoms with Crippen LogP contribution in [-0.2, 0) is 17.8 Å². The highest BCUT2D eigenvalue weighted by atomic mass is 16.5. The molecule has 2 aliphatic heterocycles. The molecule has 0 unspecified atom stereocenters. The summed E-state index contributed by atoms with van der Waals surface area (Å²) in [5.74, 6) is 1.05. The molecule has 5 nitrogen and oxygen atoms in total. The number of pyridine rings is 1.